The van der Waals surface area contributed by atoms with Crippen LogP contribution in [-0.2, 0) is 28.8 Å². The van der Waals surface area contributed by atoms with Gasteiger partial charge in [-0.25, -0.2) is 0 Å². The predicted octanol–water partition coefficient (Wildman–Crippen LogP) is 5.81. The number of rotatable bonds is 7. The Morgan fingerprint density at radius 3 is 2.17 bits per heavy atom. The minimum absolute atomic E-state index is 0.0117. The molecule has 30 heavy (non-hydrogen) atoms. The van der Waals surface area contributed by atoms with Crippen LogP contribution < -0.4 is 10.1 Å². The van der Waals surface area contributed by atoms with Gasteiger partial charge in [0.05, 0.1) is 22.0 Å². The highest BCUT2D eigenvalue weighted by atomic mass is 35.5. The molecule has 0 heterocycles. The van der Waals surface area contributed by atoms with Crippen molar-refractivity contribution in [3.8, 4) is 5.75 Å². The Morgan fingerprint density at radius 2 is 1.67 bits per heavy atom. The number of carboxylic acid groups (broad SMARTS) is 1. The molecule has 0 aromatic heterocycles. The number of ether oxygens (including phenoxy) is 1. The molecule has 0 spiro atoms. The first-order chi connectivity index (χ1) is 13.9. The molecule has 0 aliphatic heterocycles. The van der Waals surface area contributed by atoms with E-state index in [1.807, 2.05) is 0 Å². The van der Waals surface area contributed by atoms with Gasteiger partial charge in [0.1, 0.15) is 6.61 Å². The number of nitrogens with one attached hydrogen (secondary N) is 1. The molecule has 0 fully saturated rings. The van der Waals surface area contributed by atoms with Crippen LogP contribution in [0.2, 0.25) is 10.0 Å². The zero-order chi connectivity index (χ0) is 22.6. The number of anilines is 1. The molecule has 0 bridgehead atoms. The van der Waals surface area contributed by atoms with Gasteiger partial charge >= 0.3 is 12.1 Å². The fraction of sp³-hybridized carbons (Fsp3) is 0.300. The quantitative estimate of drug-likeness (QED) is 0.542. The number of aliphatic carboxylic acids is 1. The maximum Gasteiger partial charge on any atom is 0.416 e. The maximum absolute atomic E-state index is 13.2. The monoisotopic (exact) mass is 463 g/mol. The number of carboxylic acids is 1. The highest BCUT2D eigenvalue weighted by Crippen LogP contribution is 2.36. The summed E-state index contributed by atoms with van der Waals surface area (Å²) in [7, 11) is 0. The molecule has 2 N–H and O–H groups in total. The molecule has 162 valence electrons. The topological polar surface area (TPSA) is 75.6 Å². The standard InChI is InChI=1S/C20H18Cl2F3NO4/c1-10(2)19(29)26-14-4-12(3-13(8-14)20(23,24)25)9-30-18-15(21)5-11(6-16(18)22)7-17(27)28/h3-6,8,10H,7,9H2,1-2H3,(H,26,29)(H,27,28). The van der Waals surface area contributed by atoms with Crippen LogP contribution in [0.3, 0.4) is 0 Å². The summed E-state index contributed by atoms with van der Waals surface area (Å²) in [4.78, 5) is 22.7. The Labute approximate surface area is 180 Å². The molecular weight excluding hydrogens is 446 g/mol. The number of benzene rings is 2. The molecule has 0 saturated carbocycles. The van der Waals surface area contributed by atoms with Crippen molar-refractivity contribution >= 4 is 40.8 Å². The van der Waals surface area contributed by atoms with E-state index in [-0.39, 0.29) is 40.1 Å². The van der Waals surface area contributed by atoms with Crippen molar-refractivity contribution in [2.24, 2.45) is 5.92 Å². The molecule has 0 aliphatic rings. The first kappa shape index (κ1) is 23.8. The molecular formula is C20H18Cl2F3NO4. The van der Waals surface area contributed by atoms with Crippen LogP contribution in [0.4, 0.5) is 18.9 Å². The van der Waals surface area contributed by atoms with Crippen molar-refractivity contribution in [3.05, 3.63) is 57.1 Å². The third-order valence-corrected chi connectivity index (χ3v) is 4.47. The highest BCUT2D eigenvalue weighted by molar-refractivity contribution is 6.37. The lowest BCUT2D eigenvalue weighted by Gasteiger charge is -2.16. The summed E-state index contributed by atoms with van der Waals surface area (Å²) in [6.45, 7) is 2.92. The lowest BCUT2D eigenvalue weighted by Crippen LogP contribution is -2.18. The molecule has 2 aromatic rings. The summed E-state index contributed by atoms with van der Waals surface area (Å²) in [6.07, 6.45) is -4.92. The first-order valence-corrected chi connectivity index (χ1v) is 9.47. The van der Waals surface area contributed by atoms with E-state index in [9.17, 15) is 22.8 Å². The minimum Gasteiger partial charge on any atom is -0.486 e. The van der Waals surface area contributed by atoms with E-state index >= 15 is 0 Å². The molecule has 2 aromatic carbocycles. The number of hydrogen-bond donors (Lipinski definition) is 2. The van der Waals surface area contributed by atoms with Gasteiger partial charge in [-0.2, -0.15) is 13.2 Å². The molecule has 0 radical (unpaired) electrons. The van der Waals surface area contributed by atoms with E-state index in [1.54, 1.807) is 13.8 Å². The second-order valence-corrected chi connectivity index (χ2v) is 7.62. The number of hydrogen-bond acceptors (Lipinski definition) is 3. The summed E-state index contributed by atoms with van der Waals surface area (Å²) >= 11 is 12.2. The predicted molar refractivity (Wildman–Crippen MR) is 107 cm³/mol. The minimum atomic E-state index is -4.62. The Morgan fingerprint density at radius 1 is 1.07 bits per heavy atom. The second kappa shape index (κ2) is 9.57. The molecule has 0 saturated heterocycles. The largest absolute Gasteiger partial charge is 0.486 e. The average Bonchev–Trinajstić information content (AvgIpc) is 2.59. The third-order valence-electron chi connectivity index (χ3n) is 3.91. The lowest BCUT2D eigenvalue weighted by atomic mass is 10.1. The van der Waals surface area contributed by atoms with E-state index in [4.69, 9.17) is 33.0 Å². The third kappa shape index (κ3) is 6.53. The van der Waals surface area contributed by atoms with Crippen LogP contribution in [-0.4, -0.2) is 17.0 Å². The normalized spacial score (nSPS) is 11.5. The highest BCUT2D eigenvalue weighted by Gasteiger charge is 2.31. The van der Waals surface area contributed by atoms with Crippen LogP contribution in [0.5, 0.6) is 5.75 Å². The number of amides is 1. The van der Waals surface area contributed by atoms with Gasteiger partial charge < -0.3 is 15.2 Å². The van der Waals surface area contributed by atoms with Crippen molar-refractivity contribution in [1.29, 1.82) is 0 Å². The molecule has 10 heteroatoms. The molecule has 0 unspecified atom stereocenters. The van der Waals surface area contributed by atoms with Crippen molar-refractivity contribution in [2.75, 3.05) is 5.32 Å². The maximum atomic E-state index is 13.2. The summed E-state index contributed by atoms with van der Waals surface area (Å²) in [6, 6.07) is 5.81. The van der Waals surface area contributed by atoms with E-state index in [1.165, 1.54) is 18.2 Å². The van der Waals surface area contributed by atoms with Gasteiger partial charge in [-0.3, -0.25) is 9.59 Å². The van der Waals surface area contributed by atoms with Gasteiger partial charge in [-0.15, -0.1) is 0 Å². The van der Waals surface area contributed by atoms with Gasteiger partial charge in [0, 0.05) is 11.6 Å². The second-order valence-electron chi connectivity index (χ2n) is 6.81. The molecule has 1 amide bonds. The van der Waals surface area contributed by atoms with Crippen molar-refractivity contribution in [1.82, 2.24) is 0 Å². The lowest BCUT2D eigenvalue weighted by molar-refractivity contribution is -0.138. The van der Waals surface area contributed by atoms with E-state index in [0.717, 1.165) is 12.1 Å². The van der Waals surface area contributed by atoms with E-state index in [0.29, 0.717) is 5.56 Å². The fourth-order valence-electron chi connectivity index (χ4n) is 2.48. The smallest absolute Gasteiger partial charge is 0.416 e. The summed E-state index contributed by atoms with van der Waals surface area (Å²) < 4.78 is 45.2. The van der Waals surface area contributed by atoms with Gasteiger partial charge in [-0.1, -0.05) is 37.0 Å². The number of carbonyl (C=O) groups is 2. The number of halogens is 5. The van der Waals surface area contributed by atoms with Crippen molar-refractivity contribution in [2.45, 2.75) is 33.1 Å². The average molecular weight is 464 g/mol. The van der Waals surface area contributed by atoms with Gasteiger partial charge in [0.2, 0.25) is 5.91 Å². The van der Waals surface area contributed by atoms with Crippen LogP contribution >= 0.6 is 23.2 Å². The Balaban J connectivity index is 2.29. The summed E-state index contributed by atoms with van der Waals surface area (Å²) in [5.74, 6) is -1.91. The zero-order valence-electron chi connectivity index (χ0n) is 15.9. The van der Waals surface area contributed by atoms with Crippen LogP contribution in [0, 0.1) is 5.92 Å². The molecule has 5 nitrogen and oxygen atoms in total. The van der Waals surface area contributed by atoms with Crippen LogP contribution in [0.1, 0.15) is 30.5 Å². The van der Waals surface area contributed by atoms with Crippen LogP contribution in [0.25, 0.3) is 0 Å². The Bertz CT molecular complexity index is 939. The van der Waals surface area contributed by atoms with Crippen LogP contribution in [0.15, 0.2) is 30.3 Å². The van der Waals surface area contributed by atoms with Crippen molar-refractivity contribution in [3.63, 3.8) is 0 Å². The molecule has 0 atom stereocenters. The van der Waals surface area contributed by atoms with Gasteiger partial charge in [-0.05, 0) is 41.5 Å². The van der Waals surface area contributed by atoms with Crippen molar-refractivity contribution < 1.29 is 32.6 Å². The zero-order valence-corrected chi connectivity index (χ0v) is 17.5. The number of alkyl halides is 3. The Kier molecular flexibility index (Phi) is 7.60. The first-order valence-electron chi connectivity index (χ1n) is 8.71. The van der Waals surface area contributed by atoms with E-state index < -0.39 is 29.5 Å². The SMILES string of the molecule is CC(C)C(=O)Nc1cc(COc2c(Cl)cc(CC(=O)O)cc2Cl)cc(C(F)(F)F)c1. The summed E-state index contributed by atoms with van der Waals surface area (Å²) in [5.41, 5.74) is -0.485. The number of carbonyl (C=O) groups excluding carboxylic acids is 1. The fourth-order valence-corrected chi connectivity index (χ4v) is 3.12. The summed E-state index contributed by atoms with van der Waals surface area (Å²) in [5, 5.41) is 11.3. The van der Waals surface area contributed by atoms with E-state index in [2.05, 4.69) is 5.32 Å². The van der Waals surface area contributed by atoms with Gasteiger partial charge in [0.25, 0.3) is 0 Å². The van der Waals surface area contributed by atoms with Gasteiger partial charge in [0.15, 0.2) is 5.75 Å². The molecule has 2 rings (SSSR count). The molecule has 0 aliphatic carbocycles. The Hall–Kier alpha value is -2.45.